The van der Waals surface area contributed by atoms with Gasteiger partial charge < -0.3 is 5.11 Å². The van der Waals surface area contributed by atoms with Gasteiger partial charge in [0.1, 0.15) is 4.11 Å². The van der Waals surface area contributed by atoms with Crippen molar-refractivity contribution in [3.63, 3.8) is 0 Å². The molecule has 0 aliphatic heterocycles. The second kappa shape index (κ2) is 4.33. The van der Waals surface area contributed by atoms with E-state index >= 15 is 0 Å². The summed E-state index contributed by atoms with van der Waals surface area (Å²) >= 11 is 5.15. The molecule has 0 saturated heterocycles. The first-order chi connectivity index (χ1) is 2.77. The fourth-order valence-electron chi connectivity index (χ4n) is 0.0900. The van der Waals surface area contributed by atoms with Crippen molar-refractivity contribution in [3.05, 3.63) is 0 Å². The Morgan fingerprint density at radius 2 is 2.33 bits per heavy atom. The zero-order valence-corrected chi connectivity index (χ0v) is 6.94. The number of aliphatic hydroxyl groups excluding tert-OH is 1. The molecular weight excluding hydrogens is 259 g/mol. The quantitative estimate of drug-likeness (QED) is 0.593. The first kappa shape index (κ1) is 7.17. The summed E-state index contributed by atoms with van der Waals surface area (Å²) < 4.78 is -0.179. The Hall–Kier alpha value is 1.17. The van der Waals surface area contributed by atoms with Crippen molar-refractivity contribution >= 4 is 38.5 Å². The van der Waals surface area contributed by atoms with Crippen molar-refractivity contribution in [2.75, 3.05) is 5.33 Å². The smallest absolute Gasteiger partial charge is 0.106 e. The molecule has 38 valence electrons. The van der Waals surface area contributed by atoms with E-state index in [1.54, 1.807) is 0 Å². The topological polar surface area (TPSA) is 20.2 Å². The summed E-state index contributed by atoms with van der Waals surface area (Å²) in [5, 5.41) is 9.40. The summed E-state index contributed by atoms with van der Waals surface area (Å²) in [6.45, 7) is 0. The first-order valence-electron chi connectivity index (χ1n) is 1.65. The van der Waals surface area contributed by atoms with Gasteiger partial charge in [-0.2, -0.15) is 0 Å². The molecule has 0 amide bonds. The molecule has 6 heavy (non-hydrogen) atoms. The van der Waals surface area contributed by atoms with Crippen LogP contribution in [0, 0.1) is 0 Å². The number of hydrogen-bond acceptors (Lipinski definition) is 1. The van der Waals surface area contributed by atoms with Crippen molar-refractivity contribution in [1.29, 1.82) is 0 Å². The maximum Gasteiger partial charge on any atom is 0.106 e. The van der Waals surface area contributed by atoms with Crippen LogP contribution in [0.15, 0.2) is 0 Å². The number of alkyl halides is 2. The van der Waals surface area contributed by atoms with Crippen molar-refractivity contribution in [1.82, 2.24) is 0 Å². The second-order valence-corrected chi connectivity index (χ2v) is 3.14. The minimum absolute atomic E-state index is 0.179. The highest BCUT2D eigenvalue weighted by Crippen LogP contribution is 2.01. The van der Waals surface area contributed by atoms with Gasteiger partial charge in [0.15, 0.2) is 0 Å². The van der Waals surface area contributed by atoms with Gasteiger partial charge in [-0.05, 0) is 6.42 Å². The third-order valence-electron chi connectivity index (χ3n) is 0.347. The Balaban J connectivity index is 2.63. The minimum Gasteiger partial charge on any atom is -0.383 e. The maximum atomic E-state index is 8.51. The Labute approximate surface area is 59.4 Å². The van der Waals surface area contributed by atoms with Crippen molar-refractivity contribution < 1.29 is 5.11 Å². The molecule has 0 aromatic carbocycles. The second-order valence-electron chi connectivity index (χ2n) is 0.912. The average Bonchev–Trinajstić information content (AvgIpc) is 1.35. The molecule has 1 N–H and O–H groups in total. The summed E-state index contributed by atoms with van der Waals surface area (Å²) in [7, 11) is 0. The summed E-state index contributed by atoms with van der Waals surface area (Å²) in [5.41, 5.74) is 0. The Morgan fingerprint density at radius 1 is 1.83 bits per heavy atom. The van der Waals surface area contributed by atoms with Gasteiger partial charge in [-0.25, -0.2) is 0 Å². The summed E-state index contributed by atoms with van der Waals surface area (Å²) in [6.07, 6.45) is 0.834. The molecule has 0 spiro atoms. The van der Waals surface area contributed by atoms with Crippen LogP contribution in [0.2, 0.25) is 0 Å². The summed E-state index contributed by atoms with van der Waals surface area (Å²) in [4.78, 5) is 0. The molecule has 0 rings (SSSR count). The van der Waals surface area contributed by atoms with Crippen LogP contribution >= 0.6 is 38.5 Å². The predicted molar refractivity (Wildman–Crippen MR) is 38.4 cm³/mol. The van der Waals surface area contributed by atoms with E-state index in [9.17, 15) is 0 Å². The number of aliphatic hydroxyl groups is 1. The van der Waals surface area contributed by atoms with Gasteiger partial charge in [-0.3, -0.25) is 0 Å². The summed E-state index contributed by atoms with van der Waals surface area (Å²) in [6, 6.07) is 0. The van der Waals surface area contributed by atoms with Gasteiger partial charge in [0, 0.05) is 5.33 Å². The first-order valence-corrected chi connectivity index (χ1v) is 4.02. The van der Waals surface area contributed by atoms with E-state index in [0.29, 0.717) is 0 Å². The molecule has 1 unspecified atom stereocenters. The molecule has 0 saturated carbocycles. The standard InChI is InChI=1S/C3H6BrIO/c4-2-1-3(5)6/h3,6H,1-2H2. The lowest BCUT2D eigenvalue weighted by Crippen LogP contribution is -1.92. The summed E-state index contributed by atoms with van der Waals surface area (Å²) in [5.74, 6) is 0. The molecule has 1 nitrogen and oxygen atoms in total. The molecule has 1 atom stereocenters. The lowest BCUT2D eigenvalue weighted by atomic mass is 10.5. The Kier molecular flexibility index (Phi) is 5.18. The van der Waals surface area contributed by atoms with E-state index in [2.05, 4.69) is 15.9 Å². The van der Waals surface area contributed by atoms with Crippen LogP contribution in [0.3, 0.4) is 0 Å². The van der Waals surface area contributed by atoms with Crippen molar-refractivity contribution in [3.8, 4) is 0 Å². The lowest BCUT2D eigenvalue weighted by molar-refractivity contribution is 0.277. The molecule has 0 heterocycles. The molecule has 0 radical (unpaired) electrons. The predicted octanol–water partition coefficient (Wildman–Crippen LogP) is 1.52. The molecule has 0 aliphatic carbocycles. The molecule has 0 bridgehead atoms. The lowest BCUT2D eigenvalue weighted by Gasteiger charge is -1.92. The van der Waals surface area contributed by atoms with Crippen molar-refractivity contribution in [2.24, 2.45) is 0 Å². The molecule has 0 fully saturated rings. The normalized spacial score (nSPS) is 14.5. The zero-order chi connectivity index (χ0) is 4.99. The van der Waals surface area contributed by atoms with Crippen LogP contribution in [0.1, 0.15) is 6.42 Å². The third kappa shape index (κ3) is 5.17. The van der Waals surface area contributed by atoms with Crippen LogP contribution in [-0.4, -0.2) is 14.5 Å². The van der Waals surface area contributed by atoms with Crippen LogP contribution in [0.25, 0.3) is 0 Å². The SMILES string of the molecule is OC(I)CCBr. The largest absolute Gasteiger partial charge is 0.383 e. The highest BCUT2D eigenvalue weighted by Gasteiger charge is 1.90. The van der Waals surface area contributed by atoms with E-state index in [1.165, 1.54) is 0 Å². The molecule has 3 heteroatoms. The fourth-order valence-corrected chi connectivity index (χ4v) is 1.69. The highest BCUT2D eigenvalue weighted by molar-refractivity contribution is 14.1. The number of rotatable bonds is 2. The van der Waals surface area contributed by atoms with E-state index in [1.807, 2.05) is 22.6 Å². The zero-order valence-electron chi connectivity index (χ0n) is 3.19. The third-order valence-corrected chi connectivity index (χ3v) is 1.43. The van der Waals surface area contributed by atoms with Gasteiger partial charge in [0.2, 0.25) is 0 Å². The van der Waals surface area contributed by atoms with Crippen LogP contribution in [0.4, 0.5) is 0 Å². The van der Waals surface area contributed by atoms with Gasteiger partial charge in [0.05, 0.1) is 0 Å². The van der Waals surface area contributed by atoms with E-state index in [4.69, 9.17) is 5.11 Å². The molecule has 0 aromatic rings. The molecule has 0 aromatic heterocycles. The van der Waals surface area contributed by atoms with Gasteiger partial charge in [-0.1, -0.05) is 38.5 Å². The number of halogens is 2. The Bertz CT molecular complexity index is 32.0. The van der Waals surface area contributed by atoms with Gasteiger partial charge >= 0.3 is 0 Å². The van der Waals surface area contributed by atoms with Crippen LogP contribution in [-0.2, 0) is 0 Å². The Morgan fingerprint density at radius 3 is 2.33 bits per heavy atom. The number of hydrogen-bond donors (Lipinski definition) is 1. The van der Waals surface area contributed by atoms with Gasteiger partial charge in [0.25, 0.3) is 0 Å². The maximum absolute atomic E-state index is 8.51. The minimum atomic E-state index is -0.179. The fraction of sp³-hybridized carbons (Fsp3) is 1.00. The van der Waals surface area contributed by atoms with E-state index in [-0.39, 0.29) is 4.11 Å². The molecule has 0 aliphatic rings. The van der Waals surface area contributed by atoms with Crippen LogP contribution < -0.4 is 0 Å². The van der Waals surface area contributed by atoms with Gasteiger partial charge in [-0.15, -0.1) is 0 Å². The highest BCUT2D eigenvalue weighted by atomic mass is 127. The average molecular weight is 265 g/mol. The van der Waals surface area contributed by atoms with Crippen LogP contribution in [0.5, 0.6) is 0 Å². The van der Waals surface area contributed by atoms with Crippen molar-refractivity contribution in [2.45, 2.75) is 10.5 Å². The monoisotopic (exact) mass is 264 g/mol. The van der Waals surface area contributed by atoms with E-state index in [0.717, 1.165) is 11.8 Å². The molecular formula is C3H6BrIO. The van der Waals surface area contributed by atoms with E-state index < -0.39 is 0 Å².